The fraction of sp³-hybridized carbons (Fsp3) is 0.500. The lowest BCUT2D eigenvalue weighted by molar-refractivity contribution is 0.122. The fourth-order valence-electron chi connectivity index (χ4n) is 2.84. The molecule has 108 valence electrons. The van der Waals surface area contributed by atoms with Gasteiger partial charge in [0.1, 0.15) is 0 Å². The molecule has 0 spiro atoms. The van der Waals surface area contributed by atoms with Crippen LogP contribution in [0.5, 0.6) is 0 Å². The minimum Gasteiger partial charge on any atom is -0.376 e. The third-order valence-electron chi connectivity index (χ3n) is 3.84. The van der Waals surface area contributed by atoms with Crippen molar-refractivity contribution in [1.29, 1.82) is 0 Å². The van der Waals surface area contributed by atoms with Crippen LogP contribution < -0.4 is 0 Å². The number of hydrogen-bond acceptors (Lipinski definition) is 3. The van der Waals surface area contributed by atoms with Gasteiger partial charge in [0.2, 0.25) is 0 Å². The molecule has 0 amide bonds. The molecule has 0 radical (unpaired) electrons. The molecule has 0 N–H and O–H groups in total. The Morgan fingerprint density at radius 1 is 1.35 bits per heavy atom. The van der Waals surface area contributed by atoms with Crippen molar-refractivity contribution in [1.82, 2.24) is 4.90 Å². The molecule has 0 unspecified atom stereocenters. The van der Waals surface area contributed by atoms with Crippen molar-refractivity contribution in [2.24, 2.45) is 0 Å². The van der Waals surface area contributed by atoms with Gasteiger partial charge in [-0.25, -0.2) is 0 Å². The summed E-state index contributed by atoms with van der Waals surface area (Å²) in [6.45, 7) is 5.77. The molecule has 2 nitrogen and oxygen atoms in total. The Morgan fingerprint density at radius 3 is 3.00 bits per heavy atom. The van der Waals surface area contributed by atoms with E-state index in [1.54, 1.807) is 0 Å². The average molecular weight is 310 g/mol. The Hall–Kier alpha value is -0.610. The van der Waals surface area contributed by atoms with Crippen LogP contribution in [-0.2, 0) is 24.3 Å². The molecule has 2 heterocycles. The maximum absolute atomic E-state index is 6.42. The Labute approximate surface area is 129 Å². The molecule has 3 rings (SSSR count). The second-order valence-electron chi connectivity index (χ2n) is 5.44. The number of halogens is 1. The first-order valence-corrected chi connectivity index (χ1v) is 8.38. The maximum Gasteiger partial charge on any atom is 0.0813 e. The van der Waals surface area contributed by atoms with Gasteiger partial charge in [-0.2, -0.15) is 0 Å². The van der Waals surface area contributed by atoms with E-state index in [4.69, 9.17) is 16.3 Å². The average Bonchev–Trinajstić information content (AvgIpc) is 2.65. The lowest BCUT2D eigenvalue weighted by Gasteiger charge is -2.14. The molecule has 1 aliphatic heterocycles. The third-order valence-corrected chi connectivity index (χ3v) is 5.37. The zero-order valence-corrected chi connectivity index (χ0v) is 13.6. The lowest BCUT2D eigenvalue weighted by Crippen LogP contribution is -2.19. The monoisotopic (exact) mass is 309 g/mol. The van der Waals surface area contributed by atoms with E-state index in [0.29, 0.717) is 0 Å². The van der Waals surface area contributed by atoms with E-state index in [-0.39, 0.29) is 0 Å². The van der Waals surface area contributed by atoms with Crippen molar-refractivity contribution in [3.63, 3.8) is 0 Å². The molecule has 0 bridgehead atoms. The molecule has 1 aromatic carbocycles. The van der Waals surface area contributed by atoms with E-state index in [1.807, 2.05) is 17.4 Å². The summed E-state index contributed by atoms with van der Waals surface area (Å²) in [6, 6.07) is 4.20. The molecule has 1 aromatic heterocycles. The Bertz CT molecular complexity index is 622. The predicted molar refractivity (Wildman–Crippen MR) is 86.8 cm³/mol. The number of benzene rings is 1. The molecule has 4 heteroatoms. The summed E-state index contributed by atoms with van der Waals surface area (Å²) >= 11 is 8.28. The van der Waals surface area contributed by atoms with Crippen LogP contribution in [0.2, 0.25) is 5.02 Å². The Kier molecular flexibility index (Phi) is 4.32. The van der Waals surface area contributed by atoms with Gasteiger partial charge in [0.25, 0.3) is 0 Å². The molecular weight excluding hydrogens is 290 g/mol. The van der Waals surface area contributed by atoms with Crippen molar-refractivity contribution in [3.8, 4) is 0 Å². The van der Waals surface area contributed by atoms with Gasteiger partial charge in [0.15, 0.2) is 0 Å². The van der Waals surface area contributed by atoms with Crippen LogP contribution in [-0.4, -0.2) is 25.1 Å². The van der Waals surface area contributed by atoms with Crippen LogP contribution in [0.25, 0.3) is 10.1 Å². The molecular formula is C16H20ClNOS. The molecule has 0 atom stereocenters. The number of hydrogen-bond donors (Lipinski definition) is 0. The van der Waals surface area contributed by atoms with E-state index < -0.39 is 0 Å². The van der Waals surface area contributed by atoms with Crippen molar-refractivity contribution >= 4 is 33.0 Å². The molecule has 20 heavy (non-hydrogen) atoms. The quantitative estimate of drug-likeness (QED) is 0.773. The highest BCUT2D eigenvalue weighted by Gasteiger charge is 2.21. The van der Waals surface area contributed by atoms with Gasteiger partial charge in [-0.05, 0) is 43.1 Å². The van der Waals surface area contributed by atoms with Gasteiger partial charge < -0.3 is 9.64 Å². The second kappa shape index (κ2) is 6.02. The summed E-state index contributed by atoms with van der Waals surface area (Å²) in [5.74, 6) is 0. The normalized spacial score (nSPS) is 15.8. The number of rotatable bonds is 4. The zero-order chi connectivity index (χ0) is 14.1. The largest absolute Gasteiger partial charge is 0.376 e. The van der Waals surface area contributed by atoms with Gasteiger partial charge in [-0.3, -0.25) is 0 Å². The first-order valence-electron chi connectivity index (χ1n) is 7.18. The lowest BCUT2D eigenvalue weighted by atomic mass is 10.0. The predicted octanol–water partition coefficient (Wildman–Crippen LogP) is 4.47. The van der Waals surface area contributed by atoms with Crippen LogP contribution in [0.4, 0.5) is 0 Å². The summed E-state index contributed by atoms with van der Waals surface area (Å²) < 4.78 is 7.12. The van der Waals surface area contributed by atoms with Gasteiger partial charge >= 0.3 is 0 Å². The number of thiophene rings is 1. The first kappa shape index (κ1) is 14.3. The molecule has 0 fully saturated rings. The molecule has 1 aliphatic rings. The second-order valence-corrected chi connectivity index (χ2v) is 6.99. The van der Waals surface area contributed by atoms with E-state index in [2.05, 4.69) is 24.9 Å². The molecule has 0 saturated carbocycles. The summed E-state index contributed by atoms with van der Waals surface area (Å²) in [5.41, 5.74) is 2.75. The summed E-state index contributed by atoms with van der Waals surface area (Å²) in [4.78, 5) is 3.74. The standard InChI is InChI=1S/C16H20ClNOS/c1-3-8-19-10-15-12-9-18(2)7-6-11-13(17)4-5-14(20-15)16(11)12/h4-5H,3,6-10H2,1-2H3. The summed E-state index contributed by atoms with van der Waals surface area (Å²) in [5, 5.41) is 2.30. The number of ether oxygens (including phenoxy) is 1. The smallest absolute Gasteiger partial charge is 0.0813 e. The topological polar surface area (TPSA) is 12.5 Å². The van der Waals surface area contributed by atoms with Gasteiger partial charge in [-0.15, -0.1) is 11.3 Å². The van der Waals surface area contributed by atoms with Gasteiger partial charge in [0, 0.05) is 39.7 Å². The highest BCUT2D eigenvalue weighted by molar-refractivity contribution is 7.19. The number of likely N-dealkylation sites (N-methyl/N-ethyl adjacent to an activating group) is 1. The minimum absolute atomic E-state index is 0.730. The van der Waals surface area contributed by atoms with E-state index >= 15 is 0 Å². The van der Waals surface area contributed by atoms with Crippen molar-refractivity contribution in [2.75, 3.05) is 20.2 Å². The number of nitrogens with zero attached hydrogens (tertiary/aromatic N) is 1. The fourth-order valence-corrected chi connectivity index (χ4v) is 4.27. The van der Waals surface area contributed by atoms with Gasteiger partial charge in [0.05, 0.1) is 6.61 Å². The summed E-state index contributed by atoms with van der Waals surface area (Å²) in [6.07, 6.45) is 2.10. The van der Waals surface area contributed by atoms with Crippen LogP contribution in [0.15, 0.2) is 12.1 Å². The van der Waals surface area contributed by atoms with E-state index in [1.165, 1.54) is 26.1 Å². The zero-order valence-electron chi connectivity index (χ0n) is 12.0. The van der Waals surface area contributed by atoms with Crippen LogP contribution >= 0.6 is 22.9 Å². The highest BCUT2D eigenvalue weighted by Crippen LogP contribution is 2.39. The minimum atomic E-state index is 0.730. The molecule has 0 saturated heterocycles. The van der Waals surface area contributed by atoms with Crippen molar-refractivity contribution in [2.45, 2.75) is 32.9 Å². The third kappa shape index (κ3) is 2.60. The summed E-state index contributed by atoms with van der Waals surface area (Å²) in [7, 11) is 2.18. The van der Waals surface area contributed by atoms with E-state index in [9.17, 15) is 0 Å². The van der Waals surface area contributed by atoms with Crippen molar-refractivity contribution < 1.29 is 4.74 Å². The Morgan fingerprint density at radius 2 is 2.20 bits per heavy atom. The highest BCUT2D eigenvalue weighted by atomic mass is 35.5. The maximum atomic E-state index is 6.42. The Balaban J connectivity index is 2.08. The van der Waals surface area contributed by atoms with E-state index in [0.717, 1.165) is 44.2 Å². The first-order chi connectivity index (χ1) is 9.70. The van der Waals surface area contributed by atoms with Crippen molar-refractivity contribution in [3.05, 3.63) is 33.2 Å². The van der Waals surface area contributed by atoms with Gasteiger partial charge in [-0.1, -0.05) is 18.5 Å². The molecule has 0 aliphatic carbocycles. The van der Waals surface area contributed by atoms with Crippen LogP contribution in [0.3, 0.4) is 0 Å². The SMILES string of the molecule is CCCOCc1sc2ccc(Cl)c3c2c1CN(C)CC3. The molecule has 2 aromatic rings. The van der Waals surface area contributed by atoms with Crippen LogP contribution in [0, 0.1) is 0 Å². The van der Waals surface area contributed by atoms with Crippen LogP contribution in [0.1, 0.15) is 29.3 Å².